The highest BCUT2D eigenvalue weighted by Gasteiger charge is 2.14. The highest BCUT2D eigenvalue weighted by molar-refractivity contribution is 6.08. The van der Waals surface area contributed by atoms with E-state index < -0.39 is 5.97 Å². The van der Waals surface area contributed by atoms with Crippen molar-refractivity contribution in [2.24, 2.45) is 0 Å². The number of imidazole rings is 1. The fourth-order valence-corrected chi connectivity index (χ4v) is 2.22. The topological polar surface area (TPSA) is 95.1 Å². The van der Waals surface area contributed by atoms with Crippen molar-refractivity contribution in [1.82, 2.24) is 9.97 Å². The molecule has 2 aromatic carbocycles. The van der Waals surface area contributed by atoms with E-state index in [1.165, 1.54) is 6.07 Å². The number of rotatable bonds is 3. The van der Waals surface area contributed by atoms with E-state index in [0.29, 0.717) is 5.56 Å². The molecule has 0 atom stereocenters. The molecule has 3 aromatic rings. The van der Waals surface area contributed by atoms with E-state index in [4.69, 9.17) is 0 Å². The number of fused-ring (bicyclic) bond motifs is 1. The fraction of sp³-hybridized carbons (Fsp3) is 0.0625. The standard InChI is InChI=1S/C16H13N3O3/c1-9-2-4-12(11(6-9)16(21)22)19-15(20)10-3-5-13-14(7-10)18-8-17-13/h2-8H,1H3,(H,17,18)(H,19,20)(H,21,22). The number of anilines is 1. The monoisotopic (exact) mass is 295 g/mol. The van der Waals surface area contributed by atoms with Crippen LogP contribution in [0.15, 0.2) is 42.7 Å². The number of aromatic amines is 1. The number of carbonyl (C=O) groups is 2. The molecule has 6 nitrogen and oxygen atoms in total. The summed E-state index contributed by atoms with van der Waals surface area (Å²) >= 11 is 0. The van der Waals surface area contributed by atoms with Gasteiger partial charge in [-0.3, -0.25) is 4.79 Å². The first-order valence-corrected chi connectivity index (χ1v) is 6.63. The Morgan fingerprint density at radius 3 is 2.77 bits per heavy atom. The predicted octanol–water partition coefficient (Wildman–Crippen LogP) is 2.82. The average molecular weight is 295 g/mol. The highest BCUT2D eigenvalue weighted by Crippen LogP contribution is 2.19. The van der Waals surface area contributed by atoms with Gasteiger partial charge in [-0.25, -0.2) is 9.78 Å². The fourth-order valence-electron chi connectivity index (χ4n) is 2.22. The van der Waals surface area contributed by atoms with Gasteiger partial charge >= 0.3 is 5.97 Å². The number of aromatic nitrogens is 2. The number of aromatic carboxylic acids is 1. The number of amides is 1. The molecule has 110 valence electrons. The molecular formula is C16H13N3O3. The Morgan fingerprint density at radius 1 is 1.18 bits per heavy atom. The number of nitrogens with zero attached hydrogens (tertiary/aromatic N) is 1. The lowest BCUT2D eigenvalue weighted by molar-refractivity contribution is 0.0698. The largest absolute Gasteiger partial charge is 0.478 e. The zero-order chi connectivity index (χ0) is 15.7. The average Bonchev–Trinajstić information content (AvgIpc) is 2.96. The van der Waals surface area contributed by atoms with E-state index in [0.717, 1.165) is 16.6 Å². The van der Waals surface area contributed by atoms with Gasteiger partial charge in [0, 0.05) is 5.56 Å². The van der Waals surface area contributed by atoms with E-state index in [2.05, 4.69) is 15.3 Å². The summed E-state index contributed by atoms with van der Waals surface area (Å²) < 4.78 is 0. The molecule has 1 amide bonds. The van der Waals surface area contributed by atoms with Crippen LogP contribution in [0.5, 0.6) is 0 Å². The third kappa shape index (κ3) is 2.54. The zero-order valence-corrected chi connectivity index (χ0v) is 11.8. The van der Waals surface area contributed by atoms with Crippen LogP contribution in [0.2, 0.25) is 0 Å². The molecule has 0 spiro atoms. The summed E-state index contributed by atoms with van der Waals surface area (Å²) in [6.07, 6.45) is 1.55. The molecule has 0 aliphatic heterocycles. The Balaban J connectivity index is 1.92. The third-order valence-corrected chi connectivity index (χ3v) is 3.34. The molecule has 0 fully saturated rings. The van der Waals surface area contributed by atoms with Crippen LogP contribution in [0.1, 0.15) is 26.3 Å². The summed E-state index contributed by atoms with van der Waals surface area (Å²) in [6, 6.07) is 9.91. The molecule has 3 N–H and O–H groups in total. The van der Waals surface area contributed by atoms with E-state index >= 15 is 0 Å². The minimum absolute atomic E-state index is 0.0657. The van der Waals surface area contributed by atoms with Gasteiger partial charge in [0.25, 0.3) is 5.91 Å². The molecule has 0 aliphatic carbocycles. The molecule has 0 bridgehead atoms. The van der Waals surface area contributed by atoms with Gasteiger partial charge in [-0.2, -0.15) is 0 Å². The van der Waals surface area contributed by atoms with Crippen LogP contribution >= 0.6 is 0 Å². The van der Waals surface area contributed by atoms with Crippen LogP contribution in [0.3, 0.4) is 0 Å². The van der Waals surface area contributed by atoms with Gasteiger partial charge < -0.3 is 15.4 Å². The second-order valence-corrected chi connectivity index (χ2v) is 4.94. The van der Waals surface area contributed by atoms with Crippen molar-refractivity contribution in [3.05, 3.63) is 59.4 Å². The van der Waals surface area contributed by atoms with Gasteiger partial charge in [-0.15, -0.1) is 0 Å². The Kier molecular flexibility index (Phi) is 3.34. The number of carboxylic acids is 1. The normalized spacial score (nSPS) is 10.6. The Labute approximate surface area is 125 Å². The van der Waals surface area contributed by atoms with E-state index in [-0.39, 0.29) is 17.2 Å². The maximum atomic E-state index is 12.3. The van der Waals surface area contributed by atoms with Gasteiger partial charge in [-0.05, 0) is 37.3 Å². The molecule has 6 heteroatoms. The summed E-state index contributed by atoms with van der Waals surface area (Å²) in [7, 11) is 0. The van der Waals surface area contributed by atoms with Crippen molar-refractivity contribution in [2.75, 3.05) is 5.32 Å². The first kappa shape index (κ1) is 13.8. The summed E-state index contributed by atoms with van der Waals surface area (Å²) in [4.78, 5) is 30.6. The van der Waals surface area contributed by atoms with Crippen LogP contribution in [-0.4, -0.2) is 27.0 Å². The molecule has 0 saturated heterocycles. The maximum absolute atomic E-state index is 12.3. The van der Waals surface area contributed by atoms with E-state index in [9.17, 15) is 14.7 Å². The minimum Gasteiger partial charge on any atom is -0.478 e. The summed E-state index contributed by atoms with van der Waals surface area (Å²) in [6.45, 7) is 1.80. The van der Waals surface area contributed by atoms with Crippen LogP contribution in [0, 0.1) is 6.92 Å². The summed E-state index contributed by atoms with van der Waals surface area (Å²) in [5.41, 5.74) is 3.08. The molecule has 0 radical (unpaired) electrons. The smallest absolute Gasteiger partial charge is 0.337 e. The molecule has 0 aliphatic rings. The lowest BCUT2D eigenvalue weighted by Gasteiger charge is -2.09. The van der Waals surface area contributed by atoms with Gasteiger partial charge in [0.15, 0.2) is 0 Å². The molecule has 22 heavy (non-hydrogen) atoms. The van der Waals surface area contributed by atoms with E-state index in [1.54, 1.807) is 43.6 Å². The molecule has 0 unspecified atom stereocenters. The Hall–Kier alpha value is -3.15. The Bertz CT molecular complexity index is 883. The number of nitrogens with one attached hydrogen (secondary N) is 2. The van der Waals surface area contributed by atoms with Crippen molar-refractivity contribution < 1.29 is 14.7 Å². The molecule has 1 aromatic heterocycles. The van der Waals surface area contributed by atoms with Crippen LogP contribution < -0.4 is 5.32 Å². The number of hydrogen-bond acceptors (Lipinski definition) is 3. The summed E-state index contributed by atoms with van der Waals surface area (Å²) in [5.74, 6) is -1.45. The van der Waals surface area contributed by atoms with Crippen LogP contribution in [0.4, 0.5) is 5.69 Å². The number of carbonyl (C=O) groups excluding carboxylic acids is 1. The summed E-state index contributed by atoms with van der Waals surface area (Å²) in [5, 5.41) is 11.9. The first-order chi connectivity index (χ1) is 10.5. The Morgan fingerprint density at radius 2 is 2.00 bits per heavy atom. The second-order valence-electron chi connectivity index (χ2n) is 4.94. The number of aryl methyl sites for hydroxylation is 1. The predicted molar refractivity (Wildman–Crippen MR) is 82.2 cm³/mol. The number of hydrogen-bond donors (Lipinski definition) is 3. The molecule has 3 rings (SSSR count). The lowest BCUT2D eigenvalue weighted by atomic mass is 10.1. The van der Waals surface area contributed by atoms with Gasteiger partial charge in [0.2, 0.25) is 0 Å². The minimum atomic E-state index is -1.08. The lowest BCUT2D eigenvalue weighted by Crippen LogP contribution is -2.15. The quantitative estimate of drug-likeness (QED) is 0.692. The van der Waals surface area contributed by atoms with Crippen molar-refractivity contribution in [3.63, 3.8) is 0 Å². The van der Waals surface area contributed by atoms with Gasteiger partial charge in [0.05, 0.1) is 28.6 Å². The van der Waals surface area contributed by atoms with E-state index in [1.807, 2.05) is 0 Å². The number of carboxylic acid groups (broad SMARTS) is 1. The number of H-pyrrole nitrogens is 1. The zero-order valence-electron chi connectivity index (χ0n) is 11.8. The SMILES string of the molecule is Cc1ccc(NC(=O)c2ccc3nc[nH]c3c2)c(C(=O)O)c1. The third-order valence-electron chi connectivity index (χ3n) is 3.34. The van der Waals surface area contributed by atoms with Crippen molar-refractivity contribution in [1.29, 1.82) is 0 Å². The molecular weight excluding hydrogens is 282 g/mol. The van der Waals surface area contributed by atoms with Crippen LogP contribution in [0.25, 0.3) is 11.0 Å². The second kappa shape index (κ2) is 5.33. The first-order valence-electron chi connectivity index (χ1n) is 6.63. The van der Waals surface area contributed by atoms with Crippen LogP contribution in [-0.2, 0) is 0 Å². The van der Waals surface area contributed by atoms with Crippen molar-refractivity contribution in [2.45, 2.75) is 6.92 Å². The van der Waals surface area contributed by atoms with Crippen molar-refractivity contribution >= 4 is 28.6 Å². The highest BCUT2D eigenvalue weighted by atomic mass is 16.4. The van der Waals surface area contributed by atoms with Gasteiger partial charge in [0.1, 0.15) is 0 Å². The molecule has 0 saturated carbocycles. The number of benzene rings is 2. The van der Waals surface area contributed by atoms with Crippen molar-refractivity contribution in [3.8, 4) is 0 Å². The molecule has 1 heterocycles. The maximum Gasteiger partial charge on any atom is 0.337 e. The van der Waals surface area contributed by atoms with Gasteiger partial charge in [-0.1, -0.05) is 11.6 Å².